The lowest BCUT2D eigenvalue weighted by atomic mass is 9.98. The summed E-state index contributed by atoms with van der Waals surface area (Å²) in [5.41, 5.74) is 3.31. The van der Waals surface area contributed by atoms with E-state index in [1.807, 2.05) is 44.2 Å². The van der Waals surface area contributed by atoms with Crippen LogP contribution in [0, 0.1) is 0 Å². The molecule has 0 unspecified atom stereocenters. The fourth-order valence-corrected chi connectivity index (χ4v) is 4.54. The third-order valence-corrected chi connectivity index (χ3v) is 6.50. The maximum Gasteiger partial charge on any atom is 0.193 e. The molecule has 4 nitrogen and oxygen atoms in total. The summed E-state index contributed by atoms with van der Waals surface area (Å²) >= 11 is 6.56. The molecule has 0 spiro atoms. The largest absolute Gasteiger partial charge is 0.489 e. The molecular formula is C30H25ClO4. The average Bonchev–Trinajstić information content (AvgIpc) is 2.87. The van der Waals surface area contributed by atoms with E-state index in [0.29, 0.717) is 50.8 Å². The van der Waals surface area contributed by atoms with Crippen molar-refractivity contribution in [3.63, 3.8) is 0 Å². The lowest BCUT2D eigenvalue weighted by molar-refractivity contribution is 0.282. The molecule has 0 amide bonds. The van der Waals surface area contributed by atoms with Crippen molar-refractivity contribution >= 4 is 33.3 Å². The van der Waals surface area contributed by atoms with Crippen LogP contribution in [0.15, 0.2) is 88.1 Å². The zero-order valence-corrected chi connectivity index (χ0v) is 20.3. The first-order valence-corrected chi connectivity index (χ1v) is 11.9. The van der Waals surface area contributed by atoms with Crippen molar-refractivity contribution in [2.24, 2.45) is 0 Å². The van der Waals surface area contributed by atoms with Gasteiger partial charge in [0.15, 0.2) is 5.43 Å². The van der Waals surface area contributed by atoms with Gasteiger partial charge in [-0.3, -0.25) is 4.79 Å². The van der Waals surface area contributed by atoms with Gasteiger partial charge in [-0.2, -0.15) is 0 Å². The van der Waals surface area contributed by atoms with E-state index < -0.39 is 0 Å². The van der Waals surface area contributed by atoms with Gasteiger partial charge in [-0.15, -0.1) is 0 Å². The smallest absolute Gasteiger partial charge is 0.193 e. The van der Waals surface area contributed by atoms with Gasteiger partial charge in [0.05, 0.1) is 12.0 Å². The molecule has 0 atom stereocenters. The fraction of sp³-hybridized carbons (Fsp3) is 0.167. The SMILES string of the molecule is CC(C)c1cc(=O)c2c(-c3cc(CO)ccc3Cl)cc(OCc3cccc4ccccc34)cc2o1. The van der Waals surface area contributed by atoms with E-state index in [2.05, 4.69) is 18.2 Å². The molecule has 4 aromatic carbocycles. The Hall–Kier alpha value is -3.60. The van der Waals surface area contributed by atoms with Gasteiger partial charge in [-0.05, 0) is 40.1 Å². The van der Waals surface area contributed by atoms with Gasteiger partial charge in [-0.1, -0.05) is 74.0 Å². The minimum Gasteiger partial charge on any atom is -0.489 e. The predicted octanol–water partition coefficient (Wildman–Crippen LogP) is 7.46. The highest BCUT2D eigenvalue weighted by Crippen LogP contribution is 2.37. The molecule has 0 saturated carbocycles. The Labute approximate surface area is 208 Å². The van der Waals surface area contributed by atoms with Gasteiger partial charge in [0.1, 0.15) is 23.7 Å². The zero-order chi connectivity index (χ0) is 24.5. The highest BCUT2D eigenvalue weighted by molar-refractivity contribution is 6.33. The molecule has 5 rings (SSSR count). The van der Waals surface area contributed by atoms with Crippen molar-refractivity contribution in [1.82, 2.24) is 0 Å². The Balaban J connectivity index is 1.66. The number of hydrogen-bond donors (Lipinski definition) is 1. The van der Waals surface area contributed by atoms with E-state index in [9.17, 15) is 9.90 Å². The predicted molar refractivity (Wildman–Crippen MR) is 141 cm³/mol. The number of fused-ring (bicyclic) bond motifs is 2. The molecule has 1 aromatic heterocycles. The summed E-state index contributed by atoms with van der Waals surface area (Å²) in [5.74, 6) is 1.22. The Bertz CT molecular complexity index is 1590. The third kappa shape index (κ3) is 4.55. The van der Waals surface area contributed by atoms with Gasteiger partial charge in [0, 0.05) is 34.2 Å². The number of halogens is 1. The maximum atomic E-state index is 13.2. The van der Waals surface area contributed by atoms with Crippen LogP contribution in [0.5, 0.6) is 5.75 Å². The summed E-state index contributed by atoms with van der Waals surface area (Å²) in [4.78, 5) is 13.2. The Morgan fingerprint density at radius 3 is 2.54 bits per heavy atom. The van der Waals surface area contributed by atoms with Crippen LogP contribution in [-0.4, -0.2) is 5.11 Å². The molecule has 176 valence electrons. The number of ether oxygens (including phenoxy) is 1. The number of aliphatic hydroxyl groups excluding tert-OH is 1. The molecule has 0 fully saturated rings. The molecule has 35 heavy (non-hydrogen) atoms. The van der Waals surface area contributed by atoms with E-state index in [0.717, 1.165) is 16.3 Å². The second-order valence-corrected chi connectivity index (χ2v) is 9.32. The first kappa shape index (κ1) is 23.2. The second-order valence-electron chi connectivity index (χ2n) is 8.91. The van der Waals surface area contributed by atoms with Crippen LogP contribution in [-0.2, 0) is 13.2 Å². The molecular weight excluding hydrogens is 460 g/mol. The molecule has 0 bridgehead atoms. The van der Waals surface area contributed by atoms with Crippen LogP contribution < -0.4 is 10.2 Å². The molecule has 5 aromatic rings. The van der Waals surface area contributed by atoms with Crippen molar-refractivity contribution in [2.75, 3.05) is 0 Å². The van der Waals surface area contributed by atoms with E-state index >= 15 is 0 Å². The Morgan fingerprint density at radius 2 is 1.74 bits per heavy atom. The first-order valence-electron chi connectivity index (χ1n) is 11.6. The lowest BCUT2D eigenvalue weighted by Crippen LogP contribution is -2.06. The molecule has 0 radical (unpaired) electrons. The minimum absolute atomic E-state index is 0.0529. The van der Waals surface area contributed by atoms with Gasteiger partial charge >= 0.3 is 0 Å². The van der Waals surface area contributed by atoms with Gasteiger partial charge in [-0.25, -0.2) is 0 Å². The standard InChI is InChI=1S/C30H25ClO4/c1-18(2)28-15-27(33)30-25(24-12-19(16-32)10-11-26(24)31)13-22(14-29(30)35-28)34-17-21-8-5-7-20-6-3-4-9-23(20)21/h3-15,18,32H,16-17H2,1-2H3. The molecule has 5 heteroatoms. The van der Waals surface area contributed by atoms with Gasteiger partial charge in [0.25, 0.3) is 0 Å². The van der Waals surface area contributed by atoms with Crippen LogP contribution in [0.25, 0.3) is 32.9 Å². The quantitative estimate of drug-likeness (QED) is 0.271. The second kappa shape index (κ2) is 9.57. The number of rotatable bonds is 6. The van der Waals surface area contributed by atoms with E-state index in [1.54, 1.807) is 24.3 Å². The van der Waals surface area contributed by atoms with Crippen molar-refractivity contribution in [2.45, 2.75) is 33.0 Å². The molecule has 0 aliphatic carbocycles. The highest BCUT2D eigenvalue weighted by Gasteiger charge is 2.17. The minimum atomic E-state index is -0.143. The zero-order valence-electron chi connectivity index (χ0n) is 19.5. The van der Waals surface area contributed by atoms with Crippen LogP contribution in [0.2, 0.25) is 5.02 Å². The Kier molecular flexibility index (Phi) is 6.33. The van der Waals surface area contributed by atoms with Crippen molar-refractivity contribution in [3.8, 4) is 16.9 Å². The molecule has 1 N–H and O–H groups in total. The van der Waals surface area contributed by atoms with Crippen LogP contribution in [0.4, 0.5) is 0 Å². The molecule has 0 aliphatic heterocycles. The number of hydrogen-bond acceptors (Lipinski definition) is 4. The third-order valence-electron chi connectivity index (χ3n) is 6.17. The highest BCUT2D eigenvalue weighted by atomic mass is 35.5. The molecule has 0 saturated heterocycles. The van der Waals surface area contributed by atoms with Crippen LogP contribution in [0.3, 0.4) is 0 Å². The molecule has 1 heterocycles. The van der Waals surface area contributed by atoms with Crippen LogP contribution >= 0.6 is 11.6 Å². The van der Waals surface area contributed by atoms with E-state index in [4.69, 9.17) is 20.8 Å². The van der Waals surface area contributed by atoms with E-state index in [1.165, 1.54) is 6.07 Å². The Morgan fingerprint density at radius 1 is 0.943 bits per heavy atom. The topological polar surface area (TPSA) is 59.7 Å². The summed E-state index contributed by atoms with van der Waals surface area (Å²) < 4.78 is 12.4. The van der Waals surface area contributed by atoms with Crippen molar-refractivity contribution in [1.29, 1.82) is 0 Å². The average molecular weight is 485 g/mol. The van der Waals surface area contributed by atoms with Gasteiger partial charge < -0.3 is 14.3 Å². The van der Waals surface area contributed by atoms with E-state index in [-0.39, 0.29) is 18.0 Å². The summed E-state index contributed by atoms with van der Waals surface area (Å²) in [6, 6.07) is 24.7. The van der Waals surface area contributed by atoms with Gasteiger partial charge in [0.2, 0.25) is 0 Å². The number of aliphatic hydroxyl groups is 1. The summed E-state index contributed by atoms with van der Waals surface area (Å²) in [7, 11) is 0. The molecule has 0 aliphatic rings. The monoisotopic (exact) mass is 484 g/mol. The van der Waals surface area contributed by atoms with Crippen molar-refractivity contribution < 1.29 is 14.3 Å². The fourth-order valence-electron chi connectivity index (χ4n) is 4.32. The summed E-state index contributed by atoms with van der Waals surface area (Å²) in [6.45, 7) is 4.18. The first-order chi connectivity index (χ1) is 16.9. The maximum absolute atomic E-state index is 13.2. The number of benzene rings is 4. The van der Waals surface area contributed by atoms with Crippen molar-refractivity contribution in [3.05, 3.63) is 111 Å². The van der Waals surface area contributed by atoms with Crippen LogP contribution in [0.1, 0.15) is 36.7 Å². The lowest BCUT2D eigenvalue weighted by Gasteiger charge is -2.15. The summed E-state index contributed by atoms with van der Waals surface area (Å²) in [6.07, 6.45) is 0. The normalized spacial score (nSPS) is 11.5. The summed E-state index contributed by atoms with van der Waals surface area (Å²) in [5, 5.41) is 12.9.